The fraction of sp³-hybridized carbons (Fsp3) is 0.500. The van der Waals surface area contributed by atoms with Crippen LogP contribution < -0.4 is 0 Å². The summed E-state index contributed by atoms with van der Waals surface area (Å²) in [5.74, 6) is -3.85. The van der Waals surface area contributed by atoms with E-state index in [0.717, 1.165) is 22.3 Å². The monoisotopic (exact) mass is 785 g/mol. The van der Waals surface area contributed by atoms with Crippen LogP contribution >= 0.6 is 0 Å². The second kappa shape index (κ2) is 21.5. The molecule has 6 atom stereocenters. The number of esters is 2. The molecule has 3 rings (SSSR count). The summed E-state index contributed by atoms with van der Waals surface area (Å²) in [6.07, 6.45) is -0.0562. The van der Waals surface area contributed by atoms with Gasteiger partial charge in [0.15, 0.2) is 11.9 Å². The number of aryl methyl sites for hydroxylation is 2. The van der Waals surface area contributed by atoms with Crippen LogP contribution in [0.2, 0.25) is 0 Å². The van der Waals surface area contributed by atoms with Gasteiger partial charge in [-0.25, -0.2) is 4.79 Å². The van der Waals surface area contributed by atoms with Crippen molar-refractivity contribution in [1.82, 2.24) is 14.7 Å². The number of amides is 2. The predicted molar refractivity (Wildman–Crippen MR) is 221 cm³/mol. The van der Waals surface area contributed by atoms with E-state index in [1.54, 1.807) is 31.1 Å². The maximum atomic E-state index is 14.6. The molecule has 11 nitrogen and oxygen atoms in total. The van der Waals surface area contributed by atoms with E-state index in [2.05, 4.69) is 0 Å². The van der Waals surface area contributed by atoms with Crippen molar-refractivity contribution in [1.29, 1.82) is 0 Å². The lowest BCUT2D eigenvalue weighted by atomic mass is 9.85. The van der Waals surface area contributed by atoms with Crippen LogP contribution in [0.3, 0.4) is 0 Å². The summed E-state index contributed by atoms with van der Waals surface area (Å²) >= 11 is 0. The van der Waals surface area contributed by atoms with Crippen molar-refractivity contribution < 1.29 is 38.6 Å². The third kappa shape index (κ3) is 13.0. The molecule has 0 aliphatic carbocycles. The number of hydrogen-bond donors (Lipinski definition) is 1. The van der Waals surface area contributed by atoms with Gasteiger partial charge in [0.2, 0.25) is 11.8 Å². The van der Waals surface area contributed by atoms with Crippen LogP contribution in [0.15, 0.2) is 72.8 Å². The zero-order valence-corrected chi connectivity index (χ0v) is 35.7. The van der Waals surface area contributed by atoms with E-state index >= 15 is 0 Å². The van der Waals surface area contributed by atoms with E-state index < -0.39 is 53.9 Å². The topological polar surface area (TPSA) is 134 Å². The molecule has 0 fully saturated rings. The number of nitrogens with zero attached hydrogens (tertiary/aromatic N) is 3. The van der Waals surface area contributed by atoms with Gasteiger partial charge in [-0.05, 0) is 75.5 Å². The minimum absolute atomic E-state index is 0.0500. The number of carbonyl (C=O) groups excluding carboxylic acids is 5. The van der Waals surface area contributed by atoms with Crippen molar-refractivity contribution in [3.05, 3.63) is 101 Å². The molecule has 0 spiro atoms. The number of Topliss-reactive ketones (excluding diaryl/α,β-unsaturated/α-hetero) is 1. The Morgan fingerprint density at radius 1 is 0.632 bits per heavy atom. The number of ketones is 1. The lowest BCUT2D eigenvalue weighted by Gasteiger charge is -2.36. The summed E-state index contributed by atoms with van der Waals surface area (Å²) in [5, 5.41) is 9.95. The summed E-state index contributed by atoms with van der Waals surface area (Å²) < 4.78 is 11.2. The Morgan fingerprint density at radius 3 is 1.51 bits per heavy atom. The Hall–Kier alpha value is -5.03. The maximum Gasteiger partial charge on any atom is 0.328 e. The van der Waals surface area contributed by atoms with Crippen LogP contribution in [-0.2, 0) is 52.7 Å². The normalized spacial score (nSPS) is 14.5. The largest absolute Gasteiger partial charge is 0.508 e. The Bertz CT molecular complexity index is 1790. The van der Waals surface area contributed by atoms with Gasteiger partial charge in [0.1, 0.15) is 23.9 Å². The van der Waals surface area contributed by atoms with Crippen molar-refractivity contribution in [3.8, 4) is 5.75 Å². The molecule has 0 unspecified atom stereocenters. The number of phenolic OH excluding ortho intramolecular Hbond substituents is 1. The van der Waals surface area contributed by atoms with Gasteiger partial charge in [-0.15, -0.1) is 0 Å². The highest BCUT2D eigenvalue weighted by Gasteiger charge is 2.40. The first-order valence-corrected chi connectivity index (χ1v) is 19.8. The third-order valence-corrected chi connectivity index (χ3v) is 11.0. The summed E-state index contributed by atoms with van der Waals surface area (Å²) in [5.41, 5.74) is 4.63. The van der Waals surface area contributed by atoms with Crippen LogP contribution in [0.5, 0.6) is 5.75 Å². The Morgan fingerprint density at radius 2 is 1.07 bits per heavy atom. The molecule has 2 amide bonds. The second-order valence-corrected chi connectivity index (χ2v) is 15.9. The summed E-state index contributed by atoms with van der Waals surface area (Å²) in [4.78, 5) is 74.7. The van der Waals surface area contributed by atoms with Crippen LogP contribution in [0.25, 0.3) is 0 Å². The minimum Gasteiger partial charge on any atom is -0.508 e. The Labute approximate surface area is 339 Å². The average molecular weight is 786 g/mol. The number of hydrogen-bond acceptors (Lipinski definition) is 9. The number of carbonyl (C=O) groups is 5. The molecule has 0 aliphatic rings. The number of methoxy groups -OCH3 is 1. The Kier molecular flexibility index (Phi) is 17.5. The first kappa shape index (κ1) is 46.4. The van der Waals surface area contributed by atoms with Crippen molar-refractivity contribution in [2.75, 3.05) is 35.3 Å². The zero-order valence-electron chi connectivity index (χ0n) is 35.7. The highest BCUT2D eigenvalue weighted by molar-refractivity contribution is 5.94. The molecule has 3 aromatic rings. The lowest BCUT2D eigenvalue weighted by Crippen LogP contribution is -2.55. The number of phenols is 1. The Balaban J connectivity index is 1.93. The molecular weight excluding hydrogens is 723 g/mol. The second-order valence-electron chi connectivity index (χ2n) is 15.9. The van der Waals surface area contributed by atoms with Crippen molar-refractivity contribution in [2.24, 2.45) is 17.8 Å². The molecule has 57 heavy (non-hydrogen) atoms. The van der Waals surface area contributed by atoms with Gasteiger partial charge < -0.3 is 24.4 Å². The number of aromatic hydroxyl groups is 1. The molecule has 3 aromatic carbocycles. The van der Waals surface area contributed by atoms with E-state index in [1.165, 1.54) is 43.1 Å². The molecule has 0 aromatic heterocycles. The summed E-state index contributed by atoms with van der Waals surface area (Å²) in [6, 6.07) is 19.2. The molecule has 0 radical (unpaired) electrons. The molecular formula is C46H63N3O8. The summed E-state index contributed by atoms with van der Waals surface area (Å²) in [7, 11) is 7.92. The smallest absolute Gasteiger partial charge is 0.328 e. The van der Waals surface area contributed by atoms with Gasteiger partial charge in [0.25, 0.3) is 0 Å². The van der Waals surface area contributed by atoms with E-state index in [-0.39, 0.29) is 42.6 Å². The maximum absolute atomic E-state index is 14.6. The van der Waals surface area contributed by atoms with Gasteiger partial charge in [-0.1, -0.05) is 99.5 Å². The molecule has 11 heteroatoms. The van der Waals surface area contributed by atoms with Crippen molar-refractivity contribution in [2.45, 2.75) is 97.9 Å². The van der Waals surface area contributed by atoms with Gasteiger partial charge >= 0.3 is 11.9 Å². The fourth-order valence-electron chi connectivity index (χ4n) is 6.79. The lowest BCUT2D eigenvalue weighted by molar-refractivity contribution is -0.163. The zero-order chi connectivity index (χ0) is 42.6. The number of ether oxygens (including phenoxy) is 2. The van der Waals surface area contributed by atoms with E-state index in [0.29, 0.717) is 18.4 Å². The highest BCUT2D eigenvalue weighted by atomic mass is 16.5. The fourth-order valence-corrected chi connectivity index (χ4v) is 6.79. The molecule has 310 valence electrons. The predicted octanol–water partition coefficient (Wildman–Crippen LogP) is 5.98. The van der Waals surface area contributed by atoms with Gasteiger partial charge in [-0.2, -0.15) is 0 Å². The van der Waals surface area contributed by atoms with Gasteiger partial charge in [0, 0.05) is 45.2 Å². The first-order valence-electron chi connectivity index (χ1n) is 19.8. The van der Waals surface area contributed by atoms with Gasteiger partial charge in [-0.3, -0.25) is 24.1 Å². The average Bonchev–Trinajstić information content (AvgIpc) is 3.19. The molecule has 0 heterocycles. The standard InChI is InChI=1S/C46H63N3O8/c1-12-32(6)42(57-46(55)39(47(7)8)26-33-17-13-30(4)14-18-33)41(51)28-37(29(2)3)43(52)48(9)38(25-35-21-23-36(50)24-22-35)44(53)49(10)40(45(54)56-11)27-34-19-15-31(5)16-20-34/h13-24,29,32,37-40,42,50H,12,25-28H2,1-11H3/t32-,37-,38+,39+,40+,42+/m1/s1. The van der Waals surface area contributed by atoms with E-state index in [9.17, 15) is 29.1 Å². The van der Waals surface area contributed by atoms with Crippen LogP contribution in [0, 0.1) is 31.6 Å². The molecule has 0 bridgehead atoms. The van der Waals surface area contributed by atoms with E-state index in [1.807, 2.05) is 90.1 Å². The molecule has 0 saturated heterocycles. The third-order valence-electron chi connectivity index (χ3n) is 11.0. The van der Waals surface area contributed by atoms with Crippen LogP contribution in [0.4, 0.5) is 0 Å². The van der Waals surface area contributed by atoms with Crippen molar-refractivity contribution >= 4 is 29.5 Å². The van der Waals surface area contributed by atoms with Gasteiger partial charge in [0.05, 0.1) is 7.11 Å². The quantitative estimate of drug-likeness (QED) is 0.137. The minimum atomic E-state index is -1.08. The van der Waals surface area contributed by atoms with Crippen LogP contribution in [0.1, 0.15) is 68.4 Å². The first-order chi connectivity index (χ1) is 26.9. The molecule has 0 aliphatic heterocycles. The van der Waals surface area contributed by atoms with Crippen molar-refractivity contribution in [3.63, 3.8) is 0 Å². The van der Waals surface area contributed by atoms with Crippen LogP contribution in [-0.4, -0.2) is 109 Å². The molecule has 1 N–H and O–H groups in total. The number of rotatable bonds is 20. The van der Waals surface area contributed by atoms with E-state index in [4.69, 9.17) is 9.47 Å². The number of benzene rings is 3. The highest BCUT2D eigenvalue weighted by Crippen LogP contribution is 2.26. The number of likely N-dealkylation sites (N-methyl/N-ethyl adjacent to an activating group) is 3. The SMILES string of the molecule is CC[C@@H](C)[C@H](OC(=O)[C@H](Cc1ccc(C)cc1)N(C)C)C(=O)C[C@@H](C(=O)N(C)[C@@H](Cc1ccc(O)cc1)C(=O)N(C)[C@@H](Cc1ccc(C)cc1)C(=O)OC)C(C)C. The molecule has 0 saturated carbocycles. The summed E-state index contributed by atoms with van der Waals surface area (Å²) in [6.45, 7) is 11.4.